The summed E-state index contributed by atoms with van der Waals surface area (Å²) in [5, 5.41) is 0. The minimum absolute atomic E-state index is 0.423. The highest BCUT2D eigenvalue weighted by Gasteiger charge is 2.22. The van der Waals surface area contributed by atoms with E-state index in [0.29, 0.717) is 17.9 Å². The van der Waals surface area contributed by atoms with Crippen LogP contribution in [0.15, 0.2) is 29.8 Å². The first kappa shape index (κ1) is 12.0. The largest absolute Gasteiger partial charge is 0.289 e. The van der Waals surface area contributed by atoms with Crippen LogP contribution in [0.2, 0.25) is 0 Å². The minimum Gasteiger partial charge on any atom is -0.289 e. The van der Waals surface area contributed by atoms with Gasteiger partial charge in [0.1, 0.15) is 11.6 Å². The lowest BCUT2D eigenvalue weighted by molar-refractivity contribution is 0.102. The van der Waals surface area contributed by atoms with E-state index < -0.39 is 23.0 Å². The average molecular weight is 236 g/mol. The Morgan fingerprint density at radius 1 is 1.29 bits per heavy atom. The van der Waals surface area contributed by atoms with Gasteiger partial charge in [-0.1, -0.05) is 19.1 Å². The first-order chi connectivity index (χ1) is 8.09. The molecule has 1 aromatic carbocycles. The predicted octanol–water partition coefficient (Wildman–Crippen LogP) is 3.89. The SMILES string of the molecule is CC1CC=C(C(=O)c2c(F)cccc2F)CC1. The molecule has 0 bridgehead atoms. The van der Waals surface area contributed by atoms with Crippen molar-refractivity contribution < 1.29 is 13.6 Å². The third-order valence-electron chi connectivity index (χ3n) is 3.15. The van der Waals surface area contributed by atoms with Gasteiger partial charge in [0.2, 0.25) is 0 Å². The molecule has 0 aromatic heterocycles. The Bertz CT molecular complexity index is 457. The maximum atomic E-state index is 13.4. The Morgan fingerprint density at radius 2 is 1.94 bits per heavy atom. The second-order valence-electron chi connectivity index (χ2n) is 4.53. The zero-order valence-electron chi connectivity index (χ0n) is 9.67. The van der Waals surface area contributed by atoms with Gasteiger partial charge in [-0.3, -0.25) is 4.79 Å². The lowest BCUT2D eigenvalue weighted by atomic mass is 9.87. The van der Waals surface area contributed by atoms with Crippen molar-refractivity contribution in [3.05, 3.63) is 47.0 Å². The molecule has 1 unspecified atom stereocenters. The summed E-state index contributed by atoms with van der Waals surface area (Å²) in [6, 6.07) is 3.49. The molecule has 0 saturated heterocycles. The molecule has 0 heterocycles. The number of hydrogen-bond acceptors (Lipinski definition) is 1. The van der Waals surface area contributed by atoms with E-state index in [4.69, 9.17) is 0 Å². The molecular formula is C14H14F2O. The summed E-state index contributed by atoms with van der Waals surface area (Å²) in [5.74, 6) is -1.53. The highest BCUT2D eigenvalue weighted by Crippen LogP contribution is 2.27. The Balaban J connectivity index is 2.32. The van der Waals surface area contributed by atoms with Gasteiger partial charge in [-0.25, -0.2) is 8.78 Å². The van der Waals surface area contributed by atoms with Crippen molar-refractivity contribution in [2.24, 2.45) is 5.92 Å². The van der Waals surface area contributed by atoms with Crippen LogP contribution in [0.5, 0.6) is 0 Å². The van der Waals surface area contributed by atoms with Crippen molar-refractivity contribution in [1.82, 2.24) is 0 Å². The Morgan fingerprint density at radius 3 is 2.47 bits per heavy atom. The summed E-state index contributed by atoms with van der Waals surface area (Å²) in [4.78, 5) is 12.0. The van der Waals surface area contributed by atoms with Gasteiger partial charge in [-0.05, 0) is 42.9 Å². The van der Waals surface area contributed by atoms with Gasteiger partial charge < -0.3 is 0 Å². The normalized spacial score (nSPS) is 19.9. The molecule has 1 nitrogen and oxygen atoms in total. The molecule has 1 aliphatic rings. The molecule has 1 aliphatic carbocycles. The summed E-state index contributed by atoms with van der Waals surface area (Å²) >= 11 is 0. The Labute approximate surface area is 99.1 Å². The molecule has 0 spiro atoms. The van der Waals surface area contributed by atoms with Crippen LogP contribution in [0, 0.1) is 17.6 Å². The fourth-order valence-electron chi connectivity index (χ4n) is 2.05. The maximum Gasteiger partial charge on any atom is 0.194 e. The number of Topliss-reactive ketones (excluding diaryl/α,β-unsaturated/α-hetero) is 1. The third kappa shape index (κ3) is 2.43. The minimum atomic E-state index is -0.783. The zero-order chi connectivity index (χ0) is 12.4. The van der Waals surface area contributed by atoms with Gasteiger partial charge in [-0.2, -0.15) is 0 Å². The summed E-state index contributed by atoms with van der Waals surface area (Å²) < 4.78 is 26.9. The molecule has 90 valence electrons. The highest BCUT2D eigenvalue weighted by atomic mass is 19.1. The first-order valence-corrected chi connectivity index (χ1v) is 5.77. The van der Waals surface area contributed by atoms with E-state index >= 15 is 0 Å². The van der Waals surface area contributed by atoms with Crippen LogP contribution < -0.4 is 0 Å². The number of halogens is 2. The molecule has 1 atom stereocenters. The number of rotatable bonds is 2. The summed E-state index contributed by atoms with van der Waals surface area (Å²) in [6.45, 7) is 2.10. The van der Waals surface area contributed by atoms with Crippen LogP contribution in [0.3, 0.4) is 0 Å². The van der Waals surface area contributed by atoms with Crippen LogP contribution in [-0.4, -0.2) is 5.78 Å². The predicted molar refractivity (Wildman–Crippen MR) is 61.8 cm³/mol. The van der Waals surface area contributed by atoms with E-state index in [9.17, 15) is 13.6 Å². The summed E-state index contributed by atoms with van der Waals surface area (Å²) in [5.41, 5.74) is 0.111. The topological polar surface area (TPSA) is 17.1 Å². The molecule has 3 heteroatoms. The number of hydrogen-bond donors (Lipinski definition) is 0. The Kier molecular flexibility index (Phi) is 3.36. The van der Waals surface area contributed by atoms with Crippen molar-refractivity contribution in [2.75, 3.05) is 0 Å². The fraction of sp³-hybridized carbons (Fsp3) is 0.357. The van der Waals surface area contributed by atoms with Crippen molar-refractivity contribution >= 4 is 5.78 Å². The van der Waals surface area contributed by atoms with Gasteiger partial charge in [-0.15, -0.1) is 0 Å². The standard InChI is InChI=1S/C14H14F2O/c1-9-5-7-10(8-6-9)14(17)13-11(15)3-2-4-12(13)16/h2-4,7,9H,5-6,8H2,1H3. The monoisotopic (exact) mass is 236 g/mol. The van der Waals surface area contributed by atoms with E-state index in [2.05, 4.69) is 6.92 Å². The summed E-state index contributed by atoms with van der Waals surface area (Å²) in [6.07, 6.45) is 4.11. The average Bonchev–Trinajstić information content (AvgIpc) is 2.29. The zero-order valence-corrected chi connectivity index (χ0v) is 9.67. The lowest BCUT2D eigenvalue weighted by Crippen LogP contribution is -2.13. The van der Waals surface area contributed by atoms with Crippen molar-refractivity contribution in [2.45, 2.75) is 26.2 Å². The van der Waals surface area contributed by atoms with Crippen molar-refractivity contribution in [3.8, 4) is 0 Å². The number of allylic oxidation sites excluding steroid dienone is 2. The number of carbonyl (C=O) groups is 1. The molecule has 0 fully saturated rings. The Hall–Kier alpha value is -1.51. The quantitative estimate of drug-likeness (QED) is 0.712. The molecule has 0 radical (unpaired) electrons. The first-order valence-electron chi connectivity index (χ1n) is 5.77. The number of benzene rings is 1. The van der Waals surface area contributed by atoms with E-state index in [-0.39, 0.29) is 0 Å². The summed E-state index contributed by atoms with van der Waals surface area (Å²) in [7, 11) is 0. The number of carbonyl (C=O) groups excluding carboxylic acids is 1. The van der Waals surface area contributed by atoms with E-state index in [1.807, 2.05) is 6.08 Å². The third-order valence-corrected chi connectivity index (χ3v) is 3.15. The van der Waals surface area contributed by atoms with Gasteiger partial charge in [0.05, 0.1) is 5.56 Å². The second kappa shape index (κ2) is 4.78. The lowest BCUT2D eigenvalue weighted by Gasteiger charge is -2.17. The van der Waals surface area contributed by atoms with Gasteiger partial charge >= 0.3 is 0 Å². The van der Waals surface area contributed by atoms with Crippen LogP contribution in [0.25, 0.3) is 0 Å². The van der Waals surface area contributed by atoms with Crippen molar-refractivity contribution in [3.63, 3.8) is 0 Å². The highest BCUT2D eigenvalue weighted by molar-refractivity contribution is 6.09. The molecule has 2 rings (SSSR count). The smallest absolute Gasteiger partial charge is 0.194 e. The number of ketones is 1. The molecule has 1 aromatic rings. The van der Waals surface area contributed by atoms with Crippen LogP contribution in [-0.2, 0) is 0 Å². The van der Waals surface area contributed by atoms with E-state index in [1.165, 1.54) is 6.07 Å². The fourth-order valence-corrected chi connectivity index (χ4v) is 2.05. The molecule has 0 saturated carbocycles. The maximum absolute atomic E-state index is 13.4. The van der Waals surface area contributed by atoms with Crippen molar-refractivity contribution in [1.29, 1.82) is 0 Å². The van der Waals surface area contributed by atoms with Gasteiger partial charge in [0, 0.05) is 0 Å². The second-order valence-corrected chi connectivity index (χ2v) is 4.53. The van der Waals surface area contributed by atoms with Gasteiger partial charge in [0.15, 0.2) is 5.78 Å². The molecular weight excluding hydrogens is 222 g/mol. The molecule has 0 N–H and O–H groups in total. The van der Waals surface area contributed by atoms with E-state index in [0.717, 1.165) is 25.0 Å². The van der Waals surface area contributed by atoms with Crippen LogP contribution in [0.1, 0.15) is 36.5 Å². The van der Waals surface area contributed by atoms with E-state index in [1.54, 1.807) is 0 Å². The molecule has 17 heavy (non-hydrogen) atoms. The van der Waals surface area contributed by atoms with Gasteiger partial charge in [0.25, 0.3) is 0 Å². The van der Waals surface area contributed by atoms with Crippen LogP contribution in [0.4, 0.5) is 8.78 Å². The molecule has 0 amide bonds. The van der Waals surface area contributed by atoms with Crippen LogP contribution >= 0.6 is 0 Å². The molecule has 0 aliphatic heterocycles.